The first-order valence-corrected chi connectivity index (χ1v) is 7.52. The van der Waals surface area contributed by atoms with Crippen LogP contribution >= 0.6 is 0 Å². The number of carbonyl (C=O) groups is 1. The molecule has 0 unspecified atom stereocenters. The van der Waals surface area contributed by atoms with E-state index in [0.29, 0.717) is 11.6 Å². The van der Waals surface area contributed by atoms with E-state index < -0.39 is 0 Å². The number of fused-ring (bicyclic) bond motifs is 1. The third-order valence-corrected chi connectivity index (χ3v) is 4.02. The van der Waals surface area contributed by atoms with Gasteiger partial charge in [0.2, 0.25) is 0 Å². The van der Waals surface area contributed by atoms with Crippen molar-refractivity contribution in [3.8, 4) is 0 Å². The number of anilines is 1. The maximum atomic E-state index is 12.6. The number of hydrogen-bond acceptors (Lipinski definition) is 1. The highest BCUT2D eigenvalue weighted by molar-refractivity contribution is 6.06. The van der Waals surface area contributed by atoms with E-state index in [1.54, 1.807) is 0 Å². The summed E-state index contributed by atoms with van der Waals surface area (Å²) in [7, 11) is 1.92. The summed E-state index contributed by atoms with van der Waals surface area (Å²) < 4.78 is 1.93. The molecule has 0 spiro atoms. The van der Waals surface area contributed by atoms with Gasteiger partial charge in [-0.3, -0.25) is 4.79 Å². The van der Waals surface area contributed by atoms with Crippen molar-refractivity contribution in [2.24, 2.45) is 7.05 Å². The van der Waals surface area contributed by atoms with Gasteiger partial charge in [0.15, 0.2) is 0 Å². The Morgan fingerprint density at radius 1 is 1.05 bits per heavy atom. The molecule has 1 amide bonds. The molecule has 22 heavy (non-hydrogen) atoms. The molecule has 0 radical (unpaired) electrons. The zero-order valence-electron chi connectivity index (χ0n) is 13.1. The van der Waals surface area contributed by atoms with Gasteiger partial charge in [-0.2, -0.15) is 0 Å². The maximum absolute atomic E-state index is 12.6. The smallest absolute Gasteiger partial charge is 0.272 e. The number of carbonyl (C=O) groups excluding carboxylic acids is 1. The number of nitrogens with zero attached hydrogens (tertiary/aromatic N) is 1. The molecule has 1 aromatic heterocycles. The van der Waals surface area contributed by atoms with Crippen molar-refractivity contribution in [2.75, 3.05) is 5.32 Å². The molecule has 3 nitrogen and oxygen atoms in total. The van der Waals surface area contributed by atoms with Gasteiger partial charge in [-0.05, 0) is 29.7 Å². The number of benzene rings is 2. The summed E-state index contributed by atoms with van der Waals surface area (Å²) in [6, 6.07) is 17.9. The van der Waals surface area contributed by atoms with Gasteiger partial charge >= 0.3 is 0 Å². The molecule has 3 rings (SSSR count). The molecule has 3 heteroatoms. The second-order valence-corrected chi connectivity index (χ2v) is 5.84. The van der Waals surface area contributed by atoms with Gasteiger partial charge in [0.25, 0.3) is 5.91 Å². The summed E-state index contributed by atoms with van der Waals surface area (Å²) in [4.78, 5) is 12.6. The van der Waals surface area contributed by atoms with Crippen molar-refractivity contribution in [2.45, 2.75) is 19.8 Å². The molecule has 0 aliphatic rings. The first kappa shape index (κ1) is 14.4. The van der Waals surface area contributed by atoms with E-state index in [-0.39, 0.29) is 5.91 Å². The van der Waals surface area contributed by atoms with Crippen LogP contribution in [0.4, 0.5) is 5.69 Å². The highest BCUT2D eigenvalue weighted by Crippen LogP contribution is 2.25. The fourth-order valence-electron chi connectivity index (χ4n) is 2.81. The Morgan fingerprint density at radius 3 is 2.45 bits per heavy atom. The van der Waals surface area contributed by atoms with Crippen molar-refractivity contribution < 1.29 is 4.79 Å². The largest absolute Gasteiger partial charge is 0.340 e. The average molecular weight is 292 g/mol. The zero-order valence-corrected chi connectivity index (χ0v) is 13.1. The Morgan fingerprint density at radius 2 is 1.73 bits per heavy atom. The molecule has 112 valence electrons. The van der Waals surface area contributed by atoms with E-state index in [1.807, 2.05) is 60.1 Å². The zero-order chi connectivity index (χ0) is 15.7. The Labute approximate surface area is 130 Å². The summed E-state index contributed by atoms with van der Waals surface area (Å²) in [6.45, 7) is 4.25. The second kappa shape index (κ2) is 5.68. The fraction of sp³-hybridized carbons (Fsp3) is 0.211. The minimum absolute atomic E-state index is 0.0770. The molecular formula is C19H20N2O. The van der Waals surface area contributed by atoms with Crippen LogP contribution < -0.4 is 5.32 Å². The van der Waals surface area contributed by atoms with Gasteiger partial charge in [-0.25, -0.2) is 0 Å². The molecule has 0 saturated carbocycles. The molecule has 0 bridgehead atoms. The van der Waals surface area contributed by atoms with Crippen LogP contribution in [0.5, 0.6) is 0 Å². The van der Waals surface area contributed by atoms with Gasteiger partial charge in [0, 0.05) is 23.6 Å². The molecule has 0 atom stereocenters. The van der Waals surface area contributed by atoms with E-state index in [0.717, 1.165) is 22.2 Å². The van der Waals surface area contributed by atoms with Gasteiger partial charge in [0.05, 0.1) is 0 Å². The summed E-state index contributed by atoms with van der Waals surface area (Å²) in [5, 5.41) is 4.13. The third-order valence-electron chi connectivity index (χ3n) is 4.02. The highest BCUT2D eigenvalue weighted by atomic mass is 16.1. The fourth-order valence-corrected chi connectivity index (χ4v) is 2.81. The van der Waals surface area contributed by atoms with Gasteiger partial charge in [-0.1, -0.05) is 50.2 Å². The molecular weight excluding hydrogens is 272 g/mol. The molecule has 3 aromatic rings. The van der Waals surface area contributed by atoms with E-state index >= 15 is 0 Å². The number of hydrogen-bond donors (Lipinski definition) is 1. The van der Waals surface area contributed by atoms with E-state index in [1.165, 1.54) is 0 Å². The quantitative estimate of drug-likeness (QED) is 0.754. The van der Waals surface area contributed by atoms with Crippen molar-refractivity contribution in [3.05, 3.63) is 65.9 Å². The second-order valence-electron chi connectivity index (χ2n) is 5.84. The summed E-state index contributed by atoms with van der Waals surface area (Å²) in [5.41, 5.74) is 3.76. The van der Waals surface area contributed by atoms with Crippen LogP contribution in [0.15, 0.2) is 54.6 Å². The van der Waals surface area contributed by atoms with E-state index in [9.17, 15) is 4.79 Å². The number of nitrogens with one attached hydrogen (secondary N) is 1. The number of amides is 1. The summed E-state index contributed by atoms with van der Waals surface area (Å²) in [5.74, 6) is 0.288. The molecule has 0 fully saturated rings. The Hall–Kier alpha value is -2.55. The Kier molecular flexibility index (Phi) is 3.72. The maximum Gasteiger partial charge on any atom is 0.272 e. The predicted molar refractivity (Wildman–Crippen MR) is 91.4 cm³/mol. The first-order valence-electron chi connectivity index (χ1n) is 7.52. The van der Waals surface area contributed by atoms with Crippen LogP contribution in [0, 0.1) is 0 Å². The lowest BCUT2D eigenvalue weighted by Crippen LogP contribution is -2.16. The minimum atomic E-state index is -0.0770. The van der Waals surface area contributed by atoms with Crippen molar-refractivity contribution in [1.29, 1.82) is 0 Å². The molecule has 0 aliphatic carbocycles. The van der Waals surface area contributed by atoms with Crippen molar-refractivity contribution >= 4 is 22.5 Å². The van der Waals surface area contributed by atoms with Crippen LogP contribution in [-0.4, -0.2) is 10.5 Å². The average Bonchev–Trinajstić information content (AvgIpc) is 2.85. The van der Waals surface area contributed by atoms with Crippen LogP contribution in [0.3, 0.4) is 0 Å². The third kappa shape index (κ3) is 2.50. The van der Waals surface area contributed by atoms with E-state index in [2.05, 4.69) is 25.2 Å². The summed E-state index contributed by atoms with van der Waals surface area (Å²) in [6.07, 6.45) is 0. The normalized spacial score (nSPS) is 11.1. The molecule has 2 aromatic carbocycles. The summed E-state index contributed by atoms with van der Waals surface area (Å²) >= 11 is 0. The van der Waals surface area contributed by atoms with Crippen molar-refractivity contribution in [3.63, 3.8) is 0 Å². The first-order chi connectivity index (χ1) is 10.6. The molecule has 1 N–H and O–H groups in total. The topological polar surface area (TPSA) is 34.0 Å². The van der Waals surface area contributed by atoms with Crippen LogP contribution in [0.25, 0.3) is 10.9 Å². The van der Waals surface area contributed by atoms with E-state index in [4.69, 9.17) is 0 Å². The van der Waals surface area contributed by atoms with Gasteiger partial charge in [0.1, 0.15) is 5.69 Å². The Bertz CT molecular complexity index is 830. The Balaban J connectivity index is 1.96. The molecule has 0 saturated heterocycles. The minimum Gasteiger partial charge on any atom is -0.340 e. The van der Waals surface area contributed by atoms with Crippen LogP contribution in [0.1, 0.15) is 35.8 Å². The van der Waals surface area contributed by atoms with Crippen molar-refractivity contribution in [1.82, 2.24) is 4.57 Å². The monoisotopic (exact) mass is 292 g/mol. The lowest BCUT2D eigenvalue weighted by Gasteiger charge is -2.13. The highest BCUT2D eigenvalue weighted by Gasteiger charge is 2.15. The number of para-hydroxylation sites is 2. The van der Waals surface area contributed by atoms with Gasteiger partial charge < -0.3 is 9.88 Å². The number of aryl methyl sites for hydroxylation is 1. The number of rotatable bonds is 3. The number of aromatic nitrogens is 1. The standard InChI is InChI=1S/C19H20N2O/c1-13(2)15-9-5-6-10-16(15)20-19(22)18-12-14-8-4-7-11-17(14)21(18)3/h4-13H,1-3H3,(H,20,22). The molecule has 1 heterocycles. The lowest BCUT2D eigenvalue weighted by atomic mass is 10.0. The SMILES string of the molecule is CC(C)c1ccccc1NC(=O)c1cc2ccccc2n1C. The van der Waals surface area contributed by atoms with Crippen LogP contribution in [0.2, 0.25) is 0 Å². The predicted octanol–water partition coefficient (Wildman–Crippen LogP) is 4.55. The lowest BCUT2D eigenvalue weighted by molar-refractivity contribution is 0.101. The van der Waals surface area contributed by atoms with Gasteiger partial charge in [-0.15, -0.1) is 0 Å². The molecule has 0 aliphatic heterocycles. The van der Waals surface area contributed by atoms with Crippen LogP contribution in [-0.2, 0) is 7.05 Å².